The maximum Gasteiger partial charge on any atom is 0.259 e. The van der Waals surface area contributed by atoms with Gasteiger partial charge in [0, 0.05) is 31.0 Å². The average molecular weight is 258 g/mol. The number of carbonyl (C=O) groups excluding carboxylic acids is 1. The molecule has 1 N–H and O–H groups in total. The first-order valence-corrected chi connectivity index (χ1v) is 6.12. The lowest BCUT2D eigenvalue weighted by molar-refractivity contribution is 0.102. The van der Waals surface area contributed by atoms with Gasteiger partial charge in [-0.1, -0.05) is 0 Å². The molecule has 0 saturated heterocycles. The number of hydrogen-bond donors (Lipinski definition) is 1. The topological polar surface area (TPSA) is 45.5 Å². The van der Waals surface area contributed by atoms with Gasteiger partial charge in [0.1, 0.15) is 5.76 Å². The Morgan fingerprint density at radius 2 is 1.79 bits per heavy atom. The summed E-state index contributed by atoms with van der Waals surface area (Å²) in [5.41, 5.74) is 3.32. The molecule has 100 valence electrons. The van der Waals surface area contributed by atoms with Crippen molar-refractivity contribution in [2.45, 2.75) is 13.8 Å². The Labute approximate surface area is 113 Å². The molecule has 2 aromatic rings. The Kier molecular flexibility index (Phi) is 3.60. The number of benzene rings is 1. The zero-order valence-electron chi connectivity index (χ0n) is 11.7. The Hall–Kier alpha value is -2.23. The van der Waals surface area contributed by atoms with Crippen LogP contribution in [-0.2, 0) is 0 Å². The predicted molar refractivity (Wildman–Crippen MR) is 76.9 cm³/mol. The van der Waals surface area contributed by atoms with Gasteiger partial charge in [0.25, 0.3) is 5.91 Å². The molecule has 0 saturated carbocycles. The van der Waals surface area contributed by atoms with E-state index in [0.29, 0.717) is 11.3 Å². The van der Waals surface area contributed by atoms with Crippen molar-refractivity contribution >= 4 is 17.3 Å². The van der Waals surface area contributed by atoms with E-state index in [9.17, 15) is 4.79 Å². The Bertz CT molecular complexity index is 563. The molecule has 1 aromatic carbocycles. The van der Waals surface area contributed by atoms with Crippen LogP contribution >= 0.6 is 0 Å². The second kappa shape index (κ2) is 5.18. The lowest BCUT2D eigenvalue weighted by Crippen LogP contribution is -2.14. The summed E-state index contributed by atoms with van der Waals surface area (Å²) in [6, 6.07) is 7.70. The largest absolute Gasteiger partial charge is 0.469 e. The van der Waals surface area contributed by atoms with Crippen LogP contribution in [0.1, 0.15) is 21.7 Å². The molecule has 4 nitrogen and oxygen atoms in total. The summed E-state index contributed by atoms with van der Waals surface area (Å²) < 4.78 is 5.24. The van der Waals surface area contributed by atoms with Crippen LogP contribution < -0.4 is 10.2 Å². The van der Waals surface area contributed by atoms with Crippen molar-refractivity contribution in [2.24, 2.45) is 0 Å². The highest BCUT2D eigenvalue weighted by Crippen LogP contribution is 2.19. The number of rotatable bonds is 3. The van der Waals surface area contributed by atoms with Gasteiger partial charge in [-0.2, -0.15) is 0 Å². The normalized spacial score (nSPS) is 10.3. The number of anilines is 2. The molecule has 0 atom stereocenters. The van der Waals surface area contributed by atoms with Crippen LogP contribution in [0.25, 0.3) is 0 Å². The van der Waals surface area contributed by atoms with E-state index in [1.165, 1.54) is 0 Å². The van der Waals surface area contributed by atoms with Gasteiger partial charge in [-0.25, -0.2) is 0 Å². The van der Waals surface area contributed by atoms with Gasteiger partial charge < -0.3 is 14.6 Å². The van der Waals surface area contributed by atoms with Crippen molar-refractivity contribution in [3.8, 4) is 0 Å². The van der Waals surface area contributed by atoms with E-state index in [4.69, 9.17) is 4.42 Å². The van der Waals surface area contributed by atoms with E-state index in [2.05, 4.69) is 5.32 Å². The van der Waals surface area contributed by atoms with Crippen LogP contribution in [0, 0.1) is 13.8 Å². The third-order valence-electron chi connectivity index (χ3n) is 3.03. The molecule has 2 rings (SSSR count). The average Bonchev–Trinajstić information content (AvgIpc) is 2.69. The number of furan rings is 1. The molecule has 0 fully saturated rings. The standard InChI is InChI=1S/C15H18N2O2/c1-10-9-19-11(2)14(10)15(18)16-12-5-7-13(8-6-12)17(3)4/h5-9H,1-4H3,(H,16,18). The fraction of sp³-hybridized carbons (Fsp3) is 0.267. The maximum atomic E-state index is 12.2. The number of nitrogens with zero attached hydrogens (tertiary/aromatic N) is 1. The monoisotopic (exact) mass is 258 g/mol. The van der Waals surface area contributed by atoms with E-state index in [-0.39, 0.29) is 5.91 Å². The summed E-state index contributed by atoms with van der Waals surface area (Å²) in [4.78, 5) is 14.2. The molecule has 19 heavy (non-hydrogen) atoms. The molecule has 1 heterocycles. The summed E-state index contributed by atoms with van der Waals surface area (Å²) in [5, 5.41) is 2.87. The lowest BCUT2D eigenvalue weighted by atomic mass is 10.1. The first-order valence-electron chi connectivity index (χ1n) is 6.12. The fourth-order valence-corrected chi connectivity index (χ4v) is 1.95. The molecule has 0 aliphatic heterocycles. The van der Waals surface area contributed by atoms with Gasteiger partial charge in [-0.3, -0.25) is 4.79 Å². The summed E-state index contributed by atoms with van der Waals surface area (Å²) >= 11 is 0. The second-order valence-electron chi connectivity index (χ2n) is 4.75. The Morgan fingerprint density at radius 3 is 2.26 bits per heavy atom. The molecule has 4 heteroatoms. The first-order chi connectivity index (χ1) is 8.99. The smallest absolute Gasteiger partial charge is 0.259 e. The van der Waals surface area contributed by atoms with Crippen molar-refractivity contribution in [3.05, 3.63) is 47.4 Å². The SMILES string of the molecule is Cc1coc(C)c1C(=O)Nc1ccc(N(C)C)cc1. The van der Waals surface area contributed by atoms with Gasteiger partial charge in [0.15, 0.2) is 0 Å². The van der Waals surface area contributed by atoms with Crippen LogP contribution in [0.3, 0.4) is 0 Å². The van der Waals surface area contributed by atoms with Crippen LogP contribution in [-0.4, -0.2) is 20.0 Å². The van der Waals surface area contributed by atoms with Gasteiger partial charge in [-0.05, 0) is 38.1 Å². The molecule has 0 bridgehead atoms. The number of amides is 1. The maximum absolute atomic E-state index is 12.2. The van der Waals surface area contributed by atoms with Gasteiger partial charge in [0.05, 0.1) is 11.8 Å². The minimum atomic E-state index is -0.138. The van der Waals surface area contributed by atoms with Crippen molar-refractivity contribution in [2.75, 3.05) is 24.3 Å². The highest BCUT2D eigenvalue weighted by molar-refractivity contribution is 6.06. The highest BCUT2D eigenvalue weighted by atomic mass is 16.3. The third-order valence-corrected chi connectivity index (χ3v) is 3.03. The van der Waals surface area contributed by atoms with E-state index < -0.39 is 0 Å². The Balaban J connectivity index is 2.15. The molecular weight excluding hydrogens is 240 g/mol. The third kappa shape index (κ3) is 2.78. The molecule has 0 unspecified atom stereocenters. The van der Waals surface area contributed by atoms with Crippen molar-refractivity contribution < 1.29 is 9.21 Å². The molecule has 1 aromatic heterocycles. The van der Waals surface area contributed by atoms with E-state index in [0.717, 1.165) is 16.9 Å². The Morgan fingerprint density at radius 1 is 1.16 bits per heavy atom. The predicted octanol–water partition coefficient (Wildman–Crippen LogP) is 3.21. The zero-order valence-corrected chi connectivity index (χ0v) is 11.7. The number of aryl methyl sites for hydroxylation is 2. The minimum absolute atomic E-state index is 0.138. The molecule has 0 aliphatic carbocycles. The second-order valence-corrected chi connectivity index (χ2v) is 4.75. The van der Waals surface area contributed by atoms with E-state index in [1.807, 2.05) is 50.2 Å². The number of hydrogen-bond acceptors (Lipinski definition) is 3. The summed E-state index contributed by atoms with van der Waals surface area (Å²) in [5.74, 6) is 0.501. The fourth-order valence-electron chi connectivity index (χ4n) is 1.95. The molecule has 0 aliphatic rings. The number of nitrogens with one attached hydrogen (secondary N) is 1. The highest BCUT2D eigenvalue weighted by Gasteiger charge is 2.15. The summed E-state index contributed by atoms with van der Waals surface area (Å²) in [6.45, 7) is 3.65. The van der Waals surface area contributed by atoms with Crippen LogP contribution in [0.4, 0.5) is 11.4 Å². The minimum Gasteiger partial charge on any atom is -0.469 e. The van der Waals surface area contributed by atoms with Crippen LogP contribution in [0.15, 0.2) is 34.9 Å². The number of carbonyl (C=O) groups is 1. The van der Waals surface area contributed by atoms with Gasteiger partial charge >= 0.3 is 0 Å². The van der Waals surface area contributed by atoms with E-state index in [1.54, 1.807) is 13.2 Å². The first kappa shape index (κ1) is 13.2. The summed E-state index contributed by atoms with van der Waals surface area (Å²) in [7, 11) is 3.96. The van der Waals surface area contributed by atoms with E-state index >= 15 is 0 Å². The van der Waals surface area contributed by atoms with Crippen molar-refractivity contribution in [1.82, 2.24) is 0 Å². The van der Waals surface area contributed by atoms with Gasteiger partial charge in [-0.15, -0.1) is 0 Å². The zero-order chi connectivity index (χ0) is 14.0. The molecule has 1 amide bonds. The molecule has 0 spiro atoms. The van der Waals surface area contributed by atoms with Crippen LogP contribution in [0.5, 0.6) is 0 Å². The quantitative estimate of drug-likeness (QED) is 0.919. The molecular formula is C15H18N2O2. The summed E-state index contributed by atoms with van der Waals surface area (Å²) in [6.07, 6.45) is 1.60. The van der Waals surface area contributed by atoms with Crippen LogP contribution in [0.2, 0.25) is 0 Å². The van der Waals surface area contributed by atoms with Gasteiger partial charge in [0.2, 0.25) is 0 Å². The lowest BCUT2D eigenvalue weighted by Gasteiger charge is -2.13. The molecule has 0 radical (unpaired) electrons. The van der Waals surface area contributed by atoms with Crippen molar-refractivity contribution in [3.63, 3.8) is 0 Å². The van der Waals surface area contributed by atoms with Crippen molar-refractivity contribution in [1.29, 1.82) is 0 Å².